The first kappa shape index (κ1) is 14.4. The van der Waals surface area contributed by atoms with Crippen molar-refractivity contribution in [3.05, 3.63) is 15.5 Å². The molecule has 0 unspecified atom stereocenters. The minimum Gasteiger partial charge on any atom is -0.383 e. The lowest BCUT2D eigenvalue weighted by molar-refractivity contribution is -0.121. The van der Waals surface area contributed by atoms with E-state index in [1.54, 1.807) is 13.3 Å². The second-order valence-electron chi connectivity index (χ2n) is 3.33. The van der Waals surface area contributed by atoms with Crippen LogP contribution in [-0.4, -0.2) is 37.7 Å². The predicted octanol–water partition coefficient (Wildman–Crippen LogP) is 1.04. The van der Waals surface area contributed by atoms with E-state index in [1.807, 2.05) is 0 Å². The first-order chi connectivity index (χ1) is 8.22. The Morgan fingerprint density at radius 1 is 1.59 bits per heavy atom. The van der Waals surface area contributed by atoms with Crippen molar-refractivity contribution in [2.75, 3.05) is 26.8 Å². The van der Waals surface area contributed by atoms with Gasteiger partial charge in [0, 0.05) is 33.2 Å². The van der Waals surface area contributed by atoms with Crippen molar-refractivity contribution in [2.24, 2.45) is 0 Å². The van der Waals surface area contributed by atoms with Gasteiger partial charge in [-0.15, -0.1) is 11.3 Å². The molecule has 0 bridgehead atoms. The second-order valence-corrected chi connectivity index (χ2v) is 5.07. The molecule has 1 heterocycles. The molecule has 1 amide bonds. The van der Waals surface area contributed by atoms with Gasteiger partial charge < -0.3 is 15.4 Å². The van der Waals surface area contributed by atoms with Crippen LogP contribution in [0, 0.1) is 0 Å². The number of nitrogens with zero attached hydrogens (tertiary/aromatic N) is 1. The van der Waals surface area contributed by atoms with Crippen LogP contribution in [0.5, 0.6) is 0 Å². The van der Waals surface area contributed by atoms with E-state index < -0.39 is 0 Å². The predicted molar refractivity (Wildman–Crippen MR) is 68.3 cm³/mol. The molecule has 96 valence electrons. The summed E-state index contributed by atoms with van der Waals surface area (Å²) in [7, 11) is 1.60. The number of halogens is 1. The molecule has 1 rings (SSSR count). The van der Waals surface area contributed by atoms with Crippen molar-refractivity contribution >= 4 is 28.8 Å². The summed E-state index contributed by atoms with van der Waals surface area (Å²) in [5.74, 6) is 0.0201. The zero-order chi connectivity index (χ0) is 12.5. The van der Waals surface area contributed by atoms with Crippen LogP contribution < -0.4 is 10.6 Å². The quantitative estimate of drug-likeness (QED) is 0.697. The minimum atomic E-state index is 0.0201. The molecule has 0 spiro atoms. The molecule has 0 fully saturated rings. The molecule has 0 aliphatic rings. The fourth-order valence-electron chi connectivity index (χ4n) is 1.15. The van der Waals surface area contributed by atoms with Gasteiger partial charge in [0.1, 0.15) is 9.34 Å². The van der Waals surface area contributed by atoms with Crippen LogP contribution in [0.1, 0.15) is 11.4 Å². The molecule has 2 N–H and O–H groups in total. The Hall–Kier alpha value is -0.690. The second kappa shape index (κ2) is 8.41. The number of hydrogen-bond acceptors (Lipinski definition) is 5. The number of ether oxygens (including phenoxy) is 1. The van der Waals surface area contributed by atoms with Crippen molar-refractivity contribution in [1.82, 2.24) is 15.6 Å². The molecule has 0 aliphatic heterocycles. The standard InChI is InChI=1S/C10H16ClN3O2S/c1-16-5-4-13-9(15)2-3-12-7-10-14-6-8(11)17-10/h6,12H,2-5,7H2,1H3,(H,13,15). The minimum absolute atomic E-state index is 0.0201. The van der Waals surface area contributed by atoms with Gasteiger partial charge in [0.05, 0.1) is 12.8 Å². The molecule has 0 saturated heterocycles. The van der Waals surface area contributed by atoms with Gasteiger partial charge in [0.2, 0.25) is 5.91 Å². The number of rotatable bonds is 8. The van der Waals surface area contributed by atoms with Gasteiger partial charge >= 0.3 is 0 Å². The summed E-state index contributed by atoms with van der Waals surface area (Å²) in [6.07, 6.45) is 2.07. The fraction of sp³-hybridized carbons (Fsp3) is 0.600. The number of carbonyl (C=O) groups excluding carboxylic acids is 1. The van der Waals surface area contributed by atoms with E-state index in [2.05, 4.69) is 15.6 Å². The van der Waals surface area contributed by atoms with Gasteiger partial charge in [-0.05, 0) is 0 Å². The van der Waals surface area contributed by atoms with Gasteiger partial charge in [-0.1, -0.05) is 11.6 Å². The molecule has 0 aromatic carbocycles. The summed E-state index contributed by atoms with van der Waals surface area (Å²) in [5, 5.41) is 6.81. The fourth-order valence-corrected chi connectivity index (χ4v) is 2.07. The average molecular weight is 278 g/mol. The highest BCUT2D eigenvalue weighted by atomic mass is 35.5. The number of thiazole rings is 1. The van der Waals surface area contributed by atoms with Gasteiger partial charge in [0.15, 0.2) is 0 Å². The van der Waals surface area contributed by atoms with E-state index in [0.29, 0.717) is 37.0 Å². The summed E-state index contributed by atoms with van der Waals surface area (Å²) >= 11 is 7.19. The normalized spacial score (nSPS) is 10.5. The maximum absolute atomic E-state index is 11.3. The Morgan fingerprint density at radius 2 is 2.41 bits per heavy atom. The van der Waals surface area contributed by atoms with Crippen LogP contribution in [0.4, 0.5) is 0 Å². The number of hydrogen-bond donors (Lipinski definition) is 2. The molecular weight excluding hydrogens is 262 g/mol. The van der Waals surface area contributed by atoms with E-state index in [1.165, 1.54) is 11.3 Å². The van der Waals surface area contributed by atoms with Crippen molar-refractivity contribution in [1.29, 1.82) is 0 Å². The third kappa shape index (κ3) is 6.58. The maximum Gasteiger partial charge on any atom is 0.221 e. The molecule has 0 atom stereocenters. The number of methoxy groups -OCH3 is 1. The number of amides is 1. The molecule has 17 heavy (non-hydrogen) atoms. The van der Waals surface area contributed by atoms with E-state index in [0.717, 1.165) is 5.01 Å². The Labute approximate surface area is 110 Å². The highest BCUT2D eigenvalue weighted by molar-refractivity contribution is 7.15. The monoisotopic (exact) mass is 277 g/mol. The molecule has 1 aromatic heterocycles. The number of carbonyl (C=O) groups is 1. The number of aromatic nitrogens is 1. The van der Waals surface area contributed by atoms with Gasteiger partial charge in [-0.25, -0.2) is 4.98 Å². The Kier molecular flexibility index (Phi) is 7.11. The zero-order valence-corrected chi connectivity index (χ0v) is 11.2. The van der Waals surface area contributed by atoms with Gasteiger partial charge in [-0.3, -0.25) is 4.79 Å². The van der Waals surface area contributed by atoms with Crippen LogP contribution >= 0.6 is 22.9 Å². The van der Waals surface area contributed by atoms with E-state index in [-0.39, 0.29) is 5.91 Å². The van der Waals surface area contributed by atoms with Gasteiger partial charge in [0.25, 0.3) is 0 Å². The molecule has 0 saturated carbocycles. The maximum atomic E-state index is 11.3. The zero-order valence-electron chi connectivity index (χ0n) is 9.66. The third-order valence-corrected chi connectivity index (χ3v) is 3.07. The summed E-state index contributed by atoms with van der Waals surface area (Å²) in [5.41, 5.74) is 0. The summed E-state index contributed by atoms with van der Waals surface area (Å²) in [6.45, 7) is 2.35. The van der Waals surface area contributed by atoms with Gasteiger partial charge in [-0.2, -0.15) is 0 Å². The van der Waals surface area contributed by atoms with Crippen LogP contribution in [0.3, 0.4) is 0 Å². The van der Waals surface area contributed by atoms with Crippen LogP contribution in [0.15, 0.2) is 6.20 Å². The first-order valence-electron chi connectivity index (χ1n) is 5.29. The summed E-state index contributed by atoms with van der Waals surface area (Å²) < 4.78 is 5.51. The largest absolute Gasteiger partial charge is 0.383 e. The van der Waals surface area contributed by atoms with Crippen molar-refractivity contribution in [3.8, 4) is 0 Å². The molecule has 7 heteroatoms. The van der Waals surface area contributed by atoms with E-state index in [4.69, 9.17) is 16.3 Å². The first-order valence-corrected chi connectivity index (χ1v) is 6.48. The van der Waals surface area contributed by atoms with Crippen LogP contribution in [0.2, 0.25) is 4.34 Å². The molecule has 5 nitrogen and oxygen atoms in total. The Balaban J connectivity index is 2.02. The lowest BCUT2D eigenvalue weighted by Crippen LogP contribution is -2.29. The molecule has 0 radical (unpaired) electrons. The molecule has 1 aromatic rings. The highest BCUT2D eigenvalue weighted by Gasteiger charge is 2.01. The number of nitrogens with one attached hydrogen (secondary N) is 2. The smallest absolute Gasteiger partial charge is 0.221 e. The van der Waals surface area contributed by atoms with Crippen molar-refractivity contribution in [2.45, 2.75) is 13.0 Å². The van der Waals surface area contributed by atoms with Crippen LogP contribution in [0.25, 0.3) is 0 Å². The highest BCUT2D eigenvalue weighted by Crippen LogP contribution is 2.17. The summed E-state index contributed by atoms with van der Waals surface area (Å²) in [4.78, 5) is 15.4. The summed E-state index contributed by atoms with van der Waals surface area (Å²) in [6, 6.07) is 0. The Morgan fingerprint density at radius 3 is 3.06 bits per heavy atom. The lowest BCUT2D eigenvalue weighted by atomic mass is 10.4. The van der Waals surface area contributed by atoms with Crippen molar-refractivity contribution in [3.63, 3.8) is 0 Å². The van der Waals surface area contributed by atoms with Crippen molar-refractivity contribution < 1.29 is 9.53 Å². The Bertz CT molecular complexity index is 346. The molecule has 0 aliphatic carbocycles. The van der Waals surface area contributed by atoms with E-state index >= 15 is 0 Å². The SMILES string of the molecule is COCCNC(=O)CCNCc1ncc(Cl)s1. The van der Waals surface area contributed by atoms with E-state index in [9.17, 15) is 4.79 Å². The average Bonchev–Trinajstić information content (AvgIpc) is 2.71. The molecular formula is C10H16ClN3O2S. The lowest BCUT2D eigenvalue weighted by Gasteiger charge is -2.04. The van der Waals surface area contributed by atoms with Crippen LogP contribution in [-0.2, 0) is 16.1 Å². The topological polar surface area (TPSA) is 63.2 Å². The third-order valence-electron chi connectivity index (χ3n) is 1.96.